The lowest BCUT2D eigenvalue weighted by Gasteiger charge is -2.08. The number of thiophene rings is 2. The van der Waals surface area contributed by atoms with E-state index >= 15 is 0 Å². The Hall–Kier alpha value is -2.97. The molecule has 1 aromatic carbocycles. The highest BCUT2D eigenvalue weighted by molar-refractivity contribution is 7.14. The third kappa shape index (κ3) is 4.77. The lowest BCUT2D eigenvalue weighted by molar-refractivity contribution is 0.0849. The van der Waals surface area contributed by atoms with Crippen molar-refractivity contribution in [1.82, 2.24) is 10.9 Å². The number of nitrogens with one attached hydrogen (secondary N) is 3. The van der Waals surface area contributed by atoms with Crippen LogP contribution in [0.4, 0.5) is 5.69 Å². The quantitative estimate of drug-likeness (QED) is 0.416. The molecule has 0 atom stereocenters. The Kier molecular flexibility index (Phi) is 6.25. The molecule has 3 aromatic rings. The van der Waals surface area contributed by atoms with E-state index in [0.717, 1.165) is 25.7 Å². The van der Waals surface area contributed by atoms with Crippen molar-refractivity contribution < 1.29 is 14.4 Å². The number of benzene rings is 1. The number of fused-ring (bicyclic) bond motifs is 1. The van der Waals surface area contributed by atoms with Crippen LogP contribution in [0.25, 0.3) is 0 Å². The monoisotopic (exact) mass is 439 g/mol. The summed E-state index contributed by atoms with van der Waals surface area (Å²) in [5, 5.41) is 4.60. The number of hydrogen-bond donors (Lipinski definition) is 3. The summed E-state index contributed by atoms with van der Waals surface area (Å²) in [6.45, 7) is 0. The lowest BCUT2D eigenvalue weighted by Crippen LogP contribution is -2.41. The number of hydrogen-bond acceptors (Lipinski definition) is 5. The molecule has 0 bridgehead atoms. The number of aryl methyl sites for hydroxylation is 2. The number of carbonyl (C=O) groups is 3. The van der Waals surface area contributed by atoms with Crippen LogP contribution in [0.1, 0.15) is 59.4 Å². The zero-order valence-corrected chi connectivity index (χ0v) is 17.8. The third-order valence-corrected chi connectivity index (χ3v) is 6.99. The van der Waals surface area contributed by atoms with Crippen molar-refractivity contribution in [3.63, 3.8) is 0 Å². The molecule has 0 unspecified atom stereocenters. The van der Waals surface area contributed by atoms with E-state index in [-0.39, 0.29) is 11.8 Å². The molecule has 8 heteroatoms. The highest BCUT2D eigenvalue weighted by Gasteiger charge is 2.17. The normalized spacial score (nSPS) is 13.1. The molecule has 4 rings (SSSR count). The van der Waals surface area contributed by atoms with E-state index in [0.29, 0.717) is 21.0 Å². The first-order chi connectivity index (χ1) is 14.6. The molecule has 0 aliphatic heterocycles. The van der Waals surface area contributed by atoms with Crippen LogP contribution in [0.3, 0.4) is 0 Å². The van der Waals surface area contributed by atoms with Gasteiger partial charge in [0.1, 0.15) is 0 Å². The fourth-order valence-electron chi connectivity index (χ4n) is 3.37. The summed E-state index contributed by atoms with van der Waals surface area (Å²) in [6, 6.07) is 12.0. The zero-order chi connectivity index (χ0) is 20.9. The van der Waals surface area contributed by atoms with Crippen LogP contribution in [0.2, 0.25) is 0 Å². The topological polar surface area (TPSA) is 87.3 Å². The van der Waals surface area contributed by atoms with Crippen molar-refractivity contribution in [2.75, 3.05) is 5.32 Å². The molecule has 1 aliphatic carbocycles. The summed E-state index contributed by atoms with van der Waals surface area (Å²) in [4.78, 5) is 39.6. The Morgan fingerprint density at radius 2 is 1.63 bits per heavy atom. The van der Waals surface area contributed by atoms with Crippen LogP contribution in [-0.4, -0.2) is 17.7 Å². The molecule has 0 fully saturated rings. The predicted octanol–water partition coefficient (Wildman–Crippen LogP) is 4.41. The maximum atomic E-state index is 12.5. The van der Waals surface area contributed by atoms with Crippen molar-refractivity contribution >= 4 is 46.1 Å². The molecule has 3 amide bonds. The van der Waals surface area contributed by atoms with Crippen molar-refractivity contribution in [3.05, 3.63) is 73.6 Å². The van der Waals surface area contributed by atoms with E-state index in [2.05, 4.69) is 16.2 Å². The number of anilines is 1. The Morgan fingerprint density at radius 1 is 0.800 bits per heavy atom. The lowest BCUT2D eigenvalue weighted by atomic mass is 10.1. The first kappa shape index (κ1) is 20.3. The molecular weight excluding hydrogens is 418 g/mol. The van der Waals surface area contributed by atoms with Gasteiger partial charge in [-0.15, -0.1) is 22.7 Å². The van der Waals surface area contributed by atoms with E-state index in [9.17, 15) is 14.4 Å². The maximum Gasteiger partial charge on any atom is 0.279 e. The van der Waals surface area contributed by atoms with Gasteiger partial charge in [0, 0.05) is 16.1 Å². The Morgan fingerprint density at radius 3 is 2.47 bits per heavy atom. The molecule has 0 spiro atoms. The van der Waals surface area contributed by atoms with Gasteiger partial charge >= 0.3 is 0 Å². The van der Waals surface area contributed by atoms with Gasteiger partial charge in [-0.25, -0.2) is 0 Å². The van der Waals surface area contributed by atoms with E-state index in [1.807, 2.05) is 11.4 Å². The second kappa shape index (κ2) is 9.23. The average molecular weight is 440 g/mol. The molecule has 2 heterocycles. The highest BCUT2D eigenvalue weighted by Crippen LogP contribution is 2.28. The molecule has 6 nitrogen and oxygen atoms in total. The van der Waals surface area contributed by atoms with Crippen LogP contribution >= 0.6 is 22.7 Å². The minimum absolute atomic E-state index is 0.228. The van der Waals surface area contributed by atoms with E-state index < -0.39 is 5.91 Å². The van der Waals surface area contributed by atoms with Gasteiger partial charge in [0.2, 0.25) is 0 Å². The predicted molar refractivity (Wildman–Crippen MR) is 119 cm³/mol. The molecule has 0 saturated heterocycles. The number of amides is 3. The van der Waals surface area contributed by atoms with Gasteiger partial charge in [0.25, 0.3) is 17.7 Å². The molecule has 0 radical (unpaired) electrons. The Bertz CT molecular complexity index is 1050. The maximum absolute atomic E-state index is 12.5. The molecule has 30 heavy (non-hydrogen) atoms. The van der Waals surface area contributed by atoms with Gasteiger partial charge in [-0.2, -0.15) is 0 Å². The number of rotatable bonds is 4. The second-order valence-electron chi connectivity index (χ2n) is 7.04. The van der Waals surface area contributed by atoms with E-state index in [1.165, 1.54) is 39.5 Å². The SMILES string of the molecule is O=C(NNC(=O)c1cc2c(s1)CCCCC2)c1cccc(NC(=O)c2cccs2)c1. The van der Waals surface area contributed by atoms with Crippen molar-refractivity contribution in [2.45, 2.75) is 32.1 Å². The van der Waals surface area contributed by atoms with Gasteiger partial charge in [0.15, 0.2) is 0 Å². The van der Waals surface area contributed by atoms with Gasteiger partial charge in [0.05, 0.1) is 9.75 Å². The number of carbonyl (C=O) groups excluding carboxylic acids is 3. The molecule has 1 aliphatic rings. The molecule has 154 valence electrons. The zero-order valence-electron chi connectivity index (χ0n) is 16.2. The van der Waals surface area contributed by atoms with Crippen molar-refractivity contribution in [1.29, 1.82) is 0 Å². The second-order valence-corrected chi connectivity index (χ2v) is 9.12. The average Bonchev–Trinajstić information content (AvgIpc) is 3.38. The fraction of sp³-hybridized carbons (Fsp3) is 0.227. The van der Waals surface area contributed by atoms with Crippen molar-refractivity contribution in [2.24, 2.45) is 0 Å². The highest BCUT2D eigenvalue weighted by atomic mass is 32.1. The largest absolute Gasteiger partial charge is 0.321 e. The molecule has 3 N–H and O–H groups in total. The molecular formula is C22H21N3O3S2. The van der Waals surface area contributed by atoms with Crippen molar-refractivity contribution in [3.8, 4) is 0 Å². The summed E-state index contributed by atoms with van der Waals surface area (Å²) < 4.78 is 0. The first-order valence-corrected chi connectivity index (χ1v) is 11.5. The summed E-state index contributed by atoms with van der Waals surface area (Å²) in [7, 11) is 0. The summed E-state index contributed by atoms with van der Waals surface area (Å²) in [5.41, 5.74) is 7.04. The Labute approximate surface area is 182 Å². The van der Waals surface area contributed by atoms with Gasteiger partial charge in [-0.05, 0) is 67.0 Å². The summed E-state index contributed by atoms with van der Waals surface area (Å²) in [5.74, 6) is -0.995. The fourth-order valence-corrected chi connectivity index (χ4v) is 5.13. The van der Waals surface area contributed by atoms with E-state index in [4.69, 9.17) is 0 Å². The van der Waals surface area contributed by atoms with Crippen LogP contribution in [0, 0.1) is 0 Å². The van der Waals surface area contributed by atoms with Crippen LogP contribution < -0.4 is 16.2 Å². The minimum Gasteiger partial charge on any atom is -0.321 e. The van der Waals surface area contributed by atoms with Gasteiger partial charge in [-0.1, -0.05) is 18.6 Å². The smallest absolute Gasteiger partial charge is 0.279 e. The number of hydrazine groups is 1. The Balaban J connectivity index is 1.36. The van der Waals surface area contributed by atoms with Crippen LogP contribution in [0.5, 0.6) is 0 Å². The molecule has 0 saturated carbocycles. The summed E-state index contributed by atoms with van der Waals surface area (Å²) >= 11 is 2.85. The van der Waals surface area contributed by atoms with Crippen LogP contribution in [-0.2, 0) is 12.8 Å². The standard InChI is InChI=1S/C22H21N3O3S2/c26-20(15-7-4-8-16(12-15)23-21(27)18-10-5-11-29-18)24-25-22(28)19-13-14-6-2-1-3-9-17(14)30-19/h4-5,7-8,10-13H,1-3,6,9H2,(H,23,27)(H,24,26)(H,25,28). The minimum atomic E-state index is -0.450. The van der Waals surface area contributed by atoms with Gasteiger partial charge in [-0.3, -0.25) is 25.2 Å². The van der Waals surface area contributed by atoms with Gasteiger partial charge < -0.3 is 5.32 Å². The molecule has 2 aromatic heterocycles. The third-order valence-electron chi connectivity index (χ3n) is 4.89. The summed E-state index contributed by atoms with van der Waals surface area (Å²) in [6.07, 6.45) is 5.57. The van der Waals surface area contributed by atoms with E-state index in [1.54, 1.807) is 36.4 Å². The van der Waals surface area contributed by atoms with Crippen LogP contribution in [0.15, 0.2) is 47.8 Å². The first-order valence-electron chi connectivity index (χ1n) is 9.77.